The number of aromatic nitrogens is 1. The summed E-state index contributed by atoms with van der Waals surface area (Å²) in [7, 11) is 0. The Morgan fingerprint density at radius 3 is 2.55 bits per heavy atom. The van der Waals surface area contributed by atoms with E-state index in [0.717, 1.165) is 5.56 Å². The molecule has 102 valence electrons. The lowest BCUT2D eigenvalue weighted by Crippen LogP contribution is -2.16. The van der Waals surface area contributed by atoms with Crippen LogP contribution in [0.3, 0.4) is 0 Å². The summed E-state index contributed by atoms with van der Waals surface area (Å²) in [6.45, 7) is 1.76. The first kappa shape index (κ1) is 13.5. The SMILES string of the molecule is Cc1ccc(NC(=O)c2ccc(=O)[nH]c2)c(C(=O)O)c1. The van der Waals surface area contributed by atoms with Crippen molar-refractivity contribution in [3.05, 3.63) is 63.6 Å². The van der Waals surface area contributed by atoms with E-state index >= 15 is 0 Å². The molecule has 0 saturated carbocycles. The van der Waals surface area contributed by atoms with Crippen LogP contribution in [-0.4, -0.2) is 22.0 Å². The quantitative estimate of drug-likeness (QED) is 0.790. The van der Waals surface area contributed by atoms with Gasteiger partial charge in [-0.2, -0.15) is 0 Å². The first-order valence-electron chi connectivity index (χ1n) is 5.81. The number of anilines is 1. The average Bonchev–Trinajstić information content (AvgIpc) is 2.41. The van der Waals surface area contributed by atoms with Crippen LogP contribution in [0.15, 0.2) is 41.3 Å². The summed E-state index contributed by atoms with van der Waals surface area (Å²) in [6, 6.07) is 7.30. The maximum Gasteiger partial charge on any atom is 0.337 e. The van der Waals surface area contributed by atoms with E-state index in [0.29, 0.717) is 0 Å². The van der Waals surface area contributed by atoms with Gasteiger partial charge in [0.1, 0.15) is 0 Å². The number of aromatic amines is 1. The van der Waals surface area contributed by atoms with E-state index in [1.54, 1.807) is 13.0 Å². The Morgan fingerprint density at radius 1 is 1.20 bits per heavy atom. The van der Waals surface area contributed by atoms with Crippen LogP contribution in [0.1, 0.15) is 26.3 Å². The van der Waals surface area contributed by atoms with Gasteiger partial charge in [0.05, 0.1) is 16.8 Å². The highest BCUT2D eigenvalue weighted by Crippen LogP contribution is 2.18. The molecule has 6 heteroatoms. The average molecular weight is 272 g/mol. The zero-order valence-electron chi connectivity index (χ0n) is 10.6. The summed E-state index contributed by atoms with van der Waals surface area (Å²) in [5.74, 6) is -1.61. The van der Waals surface area contributed by atoms with Crippen LogP contribution in [0, 0.1) is 6.92 Å². The molecule has 0 spiro atoms. The monoisotopic (exact) mass is 272 g/mol. The molecular formula is C14H12N2O4. The lowest BCUT2D eigenvalue weighted by Gasteiger charge is -2.09. The zero-order valence-corrected chi connectivity index (χ0v) is 10.6. The van der Waals surface area contributed by atoms with Gasteiger partial charge in [0.2, 0.25) is 5.56 Å². The minimum absolute atomic E-state index is 0.0165. The first-order valence-corrected chi connectivity index (χ1v) is 5.81. The number of carbonyl (C=O) groups excluding carboxylic acids is 1. The number of carboxylic acid groups (broad SMARTS) is 1. The van der Waals surface area contributed by atoms with Gasteiger partial charge in [-0.25, -0.2) is 4.79 Å². The molecule has 20 heavy (non-hydrogen) atoms. The Bertz CT molecular complexity index is 714. The molecule has 0 fully saturated rings. The fraction of sp³-hybridized carbons (Fsp3) is 0.0714. The van der Waals surface area contributed by atoms with E-state index in [-0.39, 0.29) is 22.4 Å². The minimum Gasteiger partial charge on any atom is -0.478 e. The van der Waals surface area contributed by atoms with Crippen LogP contribution in [0.4, 0.5) is 5.69 Å². The number of pyridine rings is 1. The molecule has 0 saturated heterocycles. The number of amides is 1. The van der Waals surface area contributed by atoms with E-state index < -0.39 is 11.9 Å². The van der Waals surface area contributed by atoms with Gasteiger partial charge in [-0.3, -0.25) is 9.59 Å². The van der Waals surface area contributed by atoms with E-state index in [4.69, 9.17) is 5.11 Å². The molecule has 1 amide bonds. The minimum atomic E-state index is -1.12. The number of benzene rings is 1. The van der Waals surface area contributed by atoms with E-state index in [1.165, 1.54) is 30.5 Å². The number of H-pyrrole nitrogens is 1. The Balaban J connectivity index is 2.30. The Kier molecular flexibility index (Phi) is 3.65. The van der Waals surface area contributed by atoms with Crippen LogP contribution >= 0.6 is 0 Å². The maximum absolute atomic E-state index is 12.0. The summed E-state index contributed by atoms with van der Waals surface area (Å²) in [6.07, 6.45) is 1.27. The molecule has 0 aliphatic heterocycles. The predicted octanol–water partition coefficient (Wildman–Crippen LogP) is 1.63. The molecule has 1 aromatic carbocycles. The molecule has 0 aliphatic rings. The van der Waals surface area contributed by atoms with Crippen molar-refractivity contribution in [2.24, 2.45) is 0 Å². The molecule has 1 aromatic heterocycles. The first-order chi connectivity index (χ1) is 9.47. The molecule has 6 nitrogen and oxygen atoms in total. The van der Waals surface area contributed by atoms with Crippen LogP contribution < -0.4 is 10.9 Å². The normalized spacial score (nSPS) is 10.1. The molecule has 0 unspecified atom stereocenters. The molecule has 0 atom stereocenters. The number of aromatic carboxylic acids is 1. The second-order valence-electron chi connectivity index (χ2n) is 4.25. The molecule has 1 heterocycles. The van der Waals surface area contributed by atoms with Gasteiger partial charge >= 0.3 is 5.97 Å². The number of carboxylic acids is 1. The molecule has 0 bridgehead atoms. The fourth-order valence-electron chi connectivity index (χ4n) is 1.69. The van der Waals surface area contributed by atoms with Gasteiger partial charge in [-0.15, -0.1) is 0 Å². The van der Waals surface area contributed by atoms with Crippen LogP contribution in [0.25, 0.3) is 0 Å². The van der Waals surface area contributed by atoms with Crippen molar-refractivity contribution < 1.29 is 14.7 Å². The summed E-state index contributed by atoms with van der Waals surface area (Å²) < 4.78 is 0. The van der Waals surface area contributed by atoms with Crippen molar-refractivity contribution >= 4 is 17.6 Å². The molecule has 0 radical (unpaired) electrons. The smallest absolute Gasteiger partial charge is 0.337 e. The summed E-state index contributed by atoms with van der Waals surface area (Å²) in [5.41, 5.74) is 0.927. The summed E-state index contributed by atoms with van der Waals surface area (Å²) in [5, 5.41) is 11.6. The second kappa shape index (κ2) is 5.40. The van der Waals surface area contributed by atoms with E-state index in [9.17, 15) is 14.4 Å². The van der Waals surface area contributed by atoms with Gasteiger partial charge in [-0.1, -0.05) is 11.6 Å². The lowest BCUT2D eigenvalue weighted by molar-refractivity contribution is 0.0698. The molecule has 2 aromatic rings. The topological polar surface area (TPSA) is 99.3 Å². The number of aryl methyl sites for hydroxylation is 1. The second-order valence-corrected chi connectivity index (χ2v) is 4.25. The van der Waals surface area contributed by atoms with Crippen molar-refractivity contribution in [2.45, 2.75) is 6.92 Å². The highest BCUT2D eigenvalue weighted by molar-refractivity contribution is 6.07. The van der Waals surface area contributed by atoms with Crippen molar-refractivity contribution in [2.75, 3.05) is 5.32 Å². The number of hydrogen-bond acceptors (Lipinski definition) is 3. The zero-order chi connectivity index (χ0) is 14.7. The largest absolute Gasteiger partial charge is 0.478 e. The van der Waals surface area contributed by atoms with Crippen LogP contribution in [-0.2, 0) is 0 Å². The third kappa shape index (κ3) is 2.92. The van der Waals surface area contributed by atoms with Crippen molar-refractivity contribution in [3.8, 4) is 0 Å². The van der Waals surface area contributed by atoms with Crippen LogP contribution in [0.2, 0.25) is 0 Å². The highest BCUT2D eigenvalue weighted by atomic mass is 16.4. The van der Waals surface area contributed by atoms with Gasteiger partial charge in [0, 0.05) is 12.3 Å². The molecular weight excluding hydrogens is 260 g/mol. The van der Waals surface area contributed by atoms with Gasteiger partial charge in [-0.05, 0) is 25.1 Å². The predicted molar refractivity (Wildman–Crippen MR) is 73.2 cm³/mol. The maximum atomic E-state index is 12.0. The third-order valence-electron chi connectivity index (χ3n) is 2.70. The Labute approximate surface area is 114 Å². The van der Waals surface area contributed by atoms with Crippen molar-refractivity contribution in [3.63, 3.8) is 0 Å². The van der Waals surface area contributed by atoms with Crippen LogP contribution in [0.5, 0.6) is 0 Å². The van der Waals surface area contributed by atoms with Gasteiger partial charge in [0.15, 0.2) is 0 Å². The summed E-state index contributed by atoms with van der Waals surface area (Å²) >= 11 is 0. The molecule has 3 N–H and O–H groups in total. The number of nitrogens with one attached hydrogen (secondary N) is 2. The molecule has 2 rings (SSSR count). The summed E-state index contributed by atoms with van der Waals surface area (Å²) in [4.78, 5) is 36.4. The van der Waals surface area contributed by atoms with Gasteiger partial charge < -0.3 is 15.4 Å². The number of hydrogen-bond donors (Lipinski definition) is 3. The number of rotatable bonds is 3. The van der Waals surface area contributed by atoms with E-state index in [2.05, 4.69) is 10.3 Å². The number of carbonyl (C=O) groups is 2. The third-order valence-corrected chi connectivity index (χ3v) is 2.70. The molecule has 0 aliphatic carbocycles. The standard InChI is InChI=1S/C14H12N2O4/c1-8-2-4-11(10(6-8)14(19)20)16-13(18)9-3-5-12(17)15-7-9/h2-7H,1H3,(H,15,17)(H,16,18)(H,19,20). The van der Waals surface area contributed by atoms with Crippen molar-refractivity contribution in [1.29, 1.82) is 0 Å². The lowest BCUT2D eigenvalue weighted by atomic mass is 10.1. The highest BCUT2D eigenvalue weighted by Gasteiger charge is 2.13. The van der Waals surface area contributed by atoms with Crippen molar-refractivity contribution in [1.82, 2.24) is 4.98 Å². The Morgan fingerprint density at radius 2 is 1.95 bits per heavy atom. The van der Waals surface area contributed by atoms with E-state index in [1.807, 2.05) is 0 Å². The fourth-order valence-corrected chi connectivity index (χ4v) is 1.69. The Hall–Kier alpha value is -2.89. The van der Waals surface area contributed by atoms with Gasteiger partial charge in [0.25, 0.3) is 5.91 Å².